The third-order valence-corrected chi connectivity index (χ3v) is 5.33. The molecule has 1 aliphatic rings. The van der Waals surface area contributed by atoms with Gasteiger partial charge in [-0.05, 0) is 49.8 Å². The van der Waals surface area contributed by atoms with Crippen molar-refractivity contribution in [2.75, 3.05) is 25.5 Å². The van der Waals surface area contributed by atoms with Crippen LogP contribution < -0.4 is 10.5 Å². The van der Waals surface area contributed by atoms with E-state index in [9.17, 15) is 8.42 Å². The second kappa shape index (κ2) is 6.96. The number of aryl methyl sites for hydroxylation is 1. The van der Waals surface area contributed by atoms with Crippen LogP contribution in [0.5, 0.6) is 0 Å². The number of halogens is 1. The fraction of sp³-hybridized carbons (Fsp3) is 0.571. The van der Waals surface area contributed by atoms with Gasteiger partial charge in [0.15, 0.2) is 0 Å². The van der Waals surface area contributed by atoms with Gasteiger partial charge in [0.2, 0.25) is 10.0 Å². The van der Waals surface area contributed by atoms with Crippen molar-refractivity contribution in [3.05, 3.63) is 22.7 Å². The molecule has 1 saturated carbocycles. The SMILES string of the molecule is Cc1cc(S(=O)(=O)NCCCOCC2CC2)cc(N)c1Cl. The standard InChI is InChI=1S/C14H21ClN2O3S/c1-10-7-12(8-13(16)14(10)15)21(18,19)17-5-2-6-20-9-11-3-4-11/h7-8,11,17H,2-6,9,16H2,1H3. The Morgan fingerprint density at radius 2 is 2.14 bits per heavy atom. The summed E-state index contributed by atoms with van der Waals surface area (Å²) < 4.78 is 32.3. The zero-order valence-corrected chi connectivity index (χ0v) is 13.6. The molecule has 0 amide bonds. The van der Waals surface area contributed by atoms with Crippen LogP contribution in [0.25, 0.3) is 0 Å². The lowest BCUT2D eigenvalue weighted by Crippen LogP contribution is -2.26. The Labute approximate surface area is 130 Å². The van der Waals surface area contributed by atoms with Crippen molar-refractivity contribution >= 4 is 27.3 Å². The first-order chi connectivity index (χ1) is 9.90. The quantitative estimate of drug-likeness (QED) is 0.565. The zero-order chi connectivity index (χ0) is 15.5. The van der Waals surface area contributed by atoms with E-state index in [-0.39, 0.29) is 10.6 Å². The van der Waals surface area contributed by atoms with Crippen LogP contribution in [-0.4, -0.2) is 28.2 Å². The van der Waals surface area contributed by atoms with Gasteiger partial charge in [0, 0.05) is 19.8 Å². The number of rotatable bonds is 8. The Kier molecular flexibility index (Phi) is 5.48. The van der Waals surface area contributed by atoms with E-state index in [0.29, 0.717) is 30.2 Å². The third-order valence-electron chi connectivity index (χ3n) is 3.37. The average Bonchev–Trinajstić information content (AvgIpc) is 3.23. The minimum absolute atomic E-state index is 0.140. The van der Waals surface area contributed by atoms with Gasteiger partial charge in [-0.3, -0.25) is 0 Å². The predicted octanol–water partition coefficient (Wildman–Crippen LogP) is 2.33. The number of benzene rings is 1. The molecule has 1 aliphatic carbocycles. The molecule has 0 bridgehead atoms. The summed E-state index contributed by atoms with van der Waals surface area (Å²) in [6.07, 6.45) is 3.15. The number of sulfonamides is 1. The van der Waals surface area contributed by atoms with Gasteiger partial charge in [-0.25, -0.2) is 13.1 Å². The highest BCUT2D eigenvalue weighted by Crippen LogP contribution is 2.28. The summed E-state index contributed by atoms with van der Waals surface area (Å²) in [7, 11) is -3.56. The fourth-order valence-electron chi connectivity index (χ4n) is 1.92. The van der Waals surface area contributed by atoms with Crippen molar-refractivity contribution in [3.8, 4) is 0 Å². The molecular weight excluding hydrogens is 312 g/mol. The monoisotopic (exact) mass is 332 g/mol. The molecule has 0 unspecified atom stereocenters. The normalized spacial score (nSPS) is 15.3. The Bertz CT molecular complexity index is 577. The molecule has 1 aromatic rings. The molecular formula is C14H21ClN2O3S. The Morgan fingerprint density at radius 3 is 2.76 bits per heavy atom. The lowest BCUT2D eigenvalue weighted by atomic mass is 10.2. The van der Waals surface area contributed by atoms with Crippen LogP contribution in [-0.2, 0) is 14.8 Å². The summed E-state index contributed by atoms with van der Waals surface area (Å²) in [6.45, 7) is 3.43. The van der Waals surface area contributed by atoms with E-state index in [4.69, 9.17) is 22.1 Å². The lowest BCUT2D eigenvalue weighted by Gasteiger charge is -2.10. The maximum atomic E-state index is 12.1. The van der Waals surface area contributed by atoms with Crippen molar-refractivity contribution in [2.24, 2.45) is 5.92 Å². The summed E-state index contributed by atoms with van der Waals surface area (Å²) >= 11 is 5.94. The second-order valence-corrected chi connectivity index (χ2v) is 7.56. The smallest absolute Gasteiger partial charge is 0.240 e. The van der Waals surface area contributed by atoms with Gasteiger partial charge in [0.1, 0.15) is 0 Å². The van der Waals surface area contributed by atoms with E-state index in [1.807, 2.05) is 0 Å². The molecule has 5 nitrogen and oxygen atoms in total. The predicted molar refractivity (Wildman–Crippen MR) is 83.9 cm³/mol. The summed E-state index contributed by atoms with van der Waals surface area (Å²) in [5.41, 5.74) is 6.61. The van der Waals surface area contributed by atoms with Gasteiger partial charge in [0.25, 0.3) is 0 Å². The highest BCUT2D eigenvalue weighted by Gasteiger charge is 2.21. The van der Waals surface area contributed by atoms with Crippen molar-refractivity contribution in [3.63, 3.8) is 0 Å². The van der Waals surface area contributed by atoms with Gasteiger partial charge < -0.3 is 10.5 Å². The topological polar surface area (TPSA) is 81.4 Å². The van der Waals surface area contributed by atoms with Gasteiger partial charge in [-0.15, -0.1) is 0 Å². The van der Waals surface area contributed by atoms with Gasteiger partial charge in [-0.2, -0.15) is 0 Å². The lowest BCUT2D eigenvalue weighted by molar-refractivity contribution is 0.123. The molecule has 0 spiro atoms. The van der Waals surface area contributed by atoms with Crippen molar-refractivity contribution < 1.29 is 13.2 Å². The van der Waals surface area contributed by atoms with Crippen molar-refractivity contribution in [1.82, 2.24) is 4.72 Å². The van der Waals surface area contributed by atoms with Crippen LogP contribution in [0, 0.1) is 12.8 Å². The fourth-order valence-corrected chi connectivity index (χ4v) is 3.22. The van der Waals surface area contributed by atoms with Crippen molar-refractivity contribution in [2.45, 2.75) is 31.1 Å². The van der Waals surface area contributed by atoms with Crippen LogP contribution in [0.3, 0.4) is 0 Å². The van der Waals surface area contributed by atoms with Gasteiger partial charge in [0.05, 0.1) is 15.6 Å². The third kappa shape index (κ3) is 4.85. The maximum Gasteiger partial charge on any atom is 0.240 e. The largest absolute Gasteiger partial charge is 0.397 e. The van der Waals surface area contributed by atoms with Crippen LogP contribution in [0.4, 0.5) is 5.69 Å². The molecule has 7 heteroatoms. The Morgan fingerprint density at radius 1 is 1.43 bits per heavy atom. The number of hydrogen-bond acceptors (Lipinski definition) is 4. The van der Waals surface area contributed by atoms with Crippen LogP contribution in [0.15, 0.2) is 17.0 Å². The molecule has 118 valence electrons. The summed E-state index contributed by atoms with van der Waals surface area (Å²) in [5, 5.41) is 0.391. The molecule has 0 radical (unpaired) electrons. The molecule has 0 aromatic heterocycles. The molecule has 21 heavy (non-hydrogen) atoms. The number of nitrogen functional groups attached to an aromatic ring is 1. The molecule has 3 N–H and O–H groups in total. The number of nitrogens with two attached hydrogens (primary N) is 1. The Balaban J connectivity index is 1.83. The minimum Gasteiger partial charge on any atom is -0.397 e. The van der Waals surface area contributed by atoms with Crippen LogP contribution in [0.1, 0.15) is 24.8 Å². The van der Waals surface area contributed by atoms with E-state index in [2.05, 4.69) is 4.72 Å². The van der Waals surface area contributed by atoms with E-state index < -0.39 is 10.0 Å². The second-order valence-electron chi connectivity index (χ2n) is 5.41. The van der Waals surface area contributed by atoms with E-state index in [1.54, 1.807) is 6.92 Å². The number of anilines is 1. The van der Waals surface area contributed by atoms with Crippen LogP contribution >= 0.6 is 11.6 Å². The van der Waals surface area contributed by atoms with Crippen LogP contribution in [0.2, 0.25) is 5.02 Å². The Hall–Kier alpha value is -0.820. The molecule has 0 saturated heterocycles. The zero-order valence-electron chi connectivity index (χ0n) is 12.1. The number of ether oxygens (including phenoxy) is 1. The highest BCUT2D eigenvalue weighted by atomic mass is 35.5. The molecule has 1 fully saturated rings. The van der Waals surface area contributed by atoms with E-state index in [1.165, 1.54) is 25.0 Å². The highest BCUT2D eigenvalue weighted by molar-refractivity contribution is 7.89. The first-order valence-corrected chi connectivity index (χ1v) is 8.89. The summed E-state index contributed by atoms with van der Waals surface area (Å²) in [4.78, 5) is 0.140. The molecule has 2 rings (SSSR count). The van der Waals surface area contributed by atoms with Gasteiger partial charge >= 0.3 is 0 Å². The first-order valence-electron chi connectivity index (χ1n) is 7.03. The first kappa shape index (κ1) is 16.5. The van der Waals surface area contributed by atoms with Crippen molar-refractivity contribution in [1.29, 1.82) is 0 Å². The number of nitrogens with one attached hydrogen (secondary N) is 1. The van der Waals surface area contributed by atoms with E-state index in [0.717, 1.165) is 12.5 Å². The minimum atomic E-state index is -3.56. The number of hydrogen-bond donors (Lipinski definition) is 2. The maximum absolute atomic E-state index is 12.1. The van der Waals surface area contributed by atoms with Gasteiger partial charge in [-0.1, -0.05) is 11.6 Å². The molecule has 1 aromatic carbocycles. The molecule has 0 atom stereocenters. The van der Waals surface area contributed by atoms with E-state index >= 15 is 0 Å². The molecule has 0 aliphatic heterocycles. The summed E-state index contributed by atoms with van der Waals surface area (Å²) in [6, 6.07) is 2.89. The summed E-state index contributed by atoms with van der Waals surface area (Å²) in [5.74, 6) is 0.724. The molecule has 0 heterocycles. The average molecular weight is 333 g/mol.